The largest absolute Gasteiger partial charge is 0.287 e. The summed E-state index contributed by atoms with van der Waals surface area (Å²) >= 11 is 0. The topological polar surface area (TPSA) is 30.0 Å². The van der Waals surface area contributed by atoms with Gasteiger partial charge in [0.05, 0.1) is 0 Å². The van der Waals surface area contributed by atoms with Crippen molar-refractivity contribution in [3.8, 4) is 0 Å². The summed E-state index contributed by atoms with van der Waals surface area (Å²) in [5.41, 5.74) is 1.22. The average molecular weight is 233 g/mol. The first-order valence-electron chi connectivity index (χ1n) is 5.00. The van der Waals surface area contributed by atoms with E-state index in [1.807, 2.05) is 6.92 Å². The molecule has 0 atom stereocenters. The molecule has 0 unspecified atom stereocenters. The molecule has 0 saturated heterocycles. The third-order valence-corrected chi connectivity index (χ3v) is 2.33. The number of ketones is 1. The normalized spacial score (nSPS) is 10.3. The molecule has 0 fully saturated rings. The fourth-order valence-electron chi connectivity index (χ4n) is 1.39. The molecule has 0 bridgehead atoms. The van der Waals surface area contributed by atoms with Crippen molar-refractivity contribution in [1.29, 1.82) is 0 Å². The number of carbonyl (C=O) groups excluding carboxylic acids is 1. The van der Waals surface area contributed by atoms with E-state index in [1.54, 1.807) is 18.3 Å². The van der Waals surface area contributed by atoms with Crippen LogP contribution in [-0.2, 0) is 0 Å². The summed E-state index contributed by atoms with van der Waals surface area (Å²) in [5, 5.41) is 0. The van der Waals surface area contributed by atoms with Crippen molar-refractivity contribution in [3.63, 3.8) is 0 Å². The third-order valence-electron chi connectivity index (χ3n) is 2.33. The van der Waals surface area contributed by atoms with Crippen LogP contribution in [0.15, 0.2) is 36.5 Å². The predicted molar refractivity (Wildman–Crippen MR) is 58.8 cm³/mol. The van der Waals surface area contributed by atoms with Gasteiger partial charge in [0.1, 0.15) is 5.69 Å². The van der Waals surface area contributed by atoms with Crippen LogP contribution in [-0.4, -0.2) is 10.8 Å². The molecule has 4 heteroatoms. The van der Waals surface area contributed by atoms with Crippen LogP contribution in [0, 0.1) is 18.6 Å². The molecule has 0 aliphatic carbocycles. The second-order valence-electron chi connectivity index (χ2n) is 3.68. The van der Waals surface area contributed by atoms with Crippen molar-refractivity contribution in [1.82, 2.24) is 4.98 Å². The quantitative estimate of drug-likeness (QED) is 0.746. The zero-order valence-corrected chi connectivity index (χ0v) is 9.08. The number of aryl methyl sites for hydroxylation is 1. The van der Waals surface area contributed by atoms with Crippen LogP contribution in [0.25, 0.3) is 0 Å². The van der Waals surface area contributed by atoms with Crippen molar-refractivity contribution in [2.24, 2.45) is 0 Å². The van der Waals surface area contributed by atoms with Crippen molar-refractivity contribution in [3.05, 3.63) is 65.0 Å². The molecule has 1 heterocycles. The van der Waals surface area contributed by atoms with E-state index in [0.717, 1.165) is 17.7 Å². The summed E-state index contributed by atoms with van der Waals surface area (Å²) in [6.45, 7) is 1.85. The molecule has 2 rings (SSSR count). The van der Waals surface area contributed by atoms with Crippen LogP contribution in [0.3, 0.4) is 0 Å². The average Bonchev–Trinajstić information content (AvgIpc) is 2.33. The number of benzene rings is 1. The molecule has 86 valence electrons. The Morgan fingerprint density at radius 2 is 1.88 bits per heavy atom. The molecule has 0 aliphatic rings. The van der Waals surface area contributed by atoms with Crippen LogP contribution in [0.1, 0.15) is 21.6 Å². The highest BCUT2D eigenvalue weighted by molar-refractivity contribution is 6.07. The third kappa shape index (κ3) is 2.36. The summed E-state index contributed by atoms with van der Waals surface area (Å²) < 4.78 is 25.7. The zero-order valence-electron chi connectivity index (χ0n) is 9.08. The molecule has 1 aromatic heterocycles. The van der Waals surface area contributed by atoms with Gasteiger partial charge in [-0.3, -0.25) is 9.78 Å². The number of rotatable bonds is 2. The lowest BCUT2D eigenvalue weighted by Crippen LogP contribution is -2.04. The van der Waals surface area contributed by atoms with Gasteiger partial charge < -0.3 is 0 Å². The van der Waals surface area contributed by atoms with E-state index in [1.165, 1.54) is 6.07 Å². The van der Waals surface area contributed by atoms with Gasteiger partial charge in [-0.2, -0.15) is 0 Å². The summed E-state index contributed by atoms with van der Waals surface area (Å²) in [4.78, 5) is 15.8. The first-order chi connectivity index (χ1) is 8.08. The lowest BCUT2D eigenvalue weighted by Gasteiger charge is -2.01. The smallest absolute Gasteiger partial charge is 0.211 e. The van der Waals surface area contributed by atoms with Crippen molar-refractivity contribution in [2.45, 2.75) is 6.92 Å². The van der Waals surface area contributed by atoms with Gasteiger partial charge >= 0.3 is 0 Å². The number of nitrogens with zero attached hydrogens (tertiary/aromatic N) is 1. The molecule has 0 aliphatic heterocycles. The van der Waals surface area contributed by atoms with Crippen molar-refractivity contribution in [2.75, 3.05) is 0 Å². The molecular formula is C13H9F2NO. The molecule has 1 aromatic carbocycles. The maximum Gasteiger partial charge on any atom is 0.211 e. The Balaban J connectivity index is 2.37. The minimum atomic E-state index is -1.04. The molecule has 17 heavy (non-hydrogen) atoms. The van der Waals surface area contributed by atoms with E-state index >= 15 is 0 Å². The van der Waals surface area contributed by atoms with Crippen LogP contribution in [0.2, 0.25) is 0 Å². The second-order valence-corrected chi connectivity index (χ2v) is 3.68. The number of pyridine rings is 1. The first kappa shape index (κ1) is 11.4. The number of carbonyl (C=O) groups is 1. The van der Waals surface area contributed by atoms with Gasteiger partial charge in [-0.15, -0.1) is 0 Å². The van der Waals surface area contributed by atoms with Crippen LogP contribution in [0.5, 0.6) is 0 Å². The van der Waals surface area contributed by atoms with Gasteiger partial charge in [0.15, 0.2) is 11.6 Å². The van der Waals surface area contributed by atoms with Gasteiger partial charge in [0, 0.05) is 11.8 Å². The summed E-state index contributed by atoms with van der Waals surface area (Å²) in [6, 6.07) is 6.33. The molecule has 0 amide bonds. The Morgan fingerprint density at radius 1 is 1.12 bits per heavy atom. The zero-order chi connectivity index (χ0) is 12.4. The Kier molecular flexibility index (Phi) is 2.95. The van der Waals surface area contributed by atoms with Gasteiger partial charge in [-0.05, 0) is 36.8 Å². The van der Waals surface area contributed by atoms with E-state index in [-0.39, 0.29) is 11.3 Å². The lowest BCUT2D eigenvalue weighted by atomic mass is 10.1. The monoisotopic (exact) mass is 233 g/mol. The highest BCUT2D eigenvalue weighted by atomic mass is 19.2. The Hall–Kier alpha value is -2.10. The molecule has 0 spiro atoms. The van der Waals surface area contributed by atoms with Gasteiger partial charge in [0.25, 0.3) is 0 Å². The fraction of sp³-hybridized carbons (Fsp3) is 0.0769. The lowest BCUT2D eigenvalue weighted by molar-refractivity contribution is 0.103. The highest BCUT2D eigenvalue weighted by Crippen LogP contribution is 2.12. The molecule has 2 aromatic rings. The maximum absolute atomic E-state index is 13.0. The van der Waals surface area contributed by atoms with Gasteiger partial charge in [0.2, 0.25) is 5.78 Å². The summed E-state index contributed by atoms with van der Waals surface area (Å²) in [5.74, 6) is -2.44. The molecular weight excluding hydrogens is 224 g/mol. The first-order valence-corrected chi connectivity index (χ1v) is 5.00. The summed E-state index contributed by atoms with van der Waals surface area (Å²) in [7, 11) is 0. The standard InChI is InChI=1S/C13H9F2NO/c1-8-2-5-12(16-7-8)13(17)9-3-4-10(14)11(15)6-9/h2-7H,1H3. The van der Waals surface area contributed by atoms with Crippen LogP contribution >= 0.6 is 0 Å². The SMILES string of the molecule is Cc1ccc(C(=O)c2ccc(F)c(F)c2)nc1. The summed E-state index contributed by atoms with van der Waals surface area (Å²) in [6.07, 6.45) is 1.55. The molecule has 0 N–H and O–H groups in total. The van der Waals surface area contributed by atoms with Gasteiger partial charge in [-0.1, -0.05) is 6.07 Å². The van der Waals surface area contributed by atoms with Crippen LogP contribution < -0.4 is 0 Å². The Labute approximate surface area is 96.9 Å². The van der Waals surface area contributed by atoms with Crippen LogP contribution in [0.4, 0.5) is 8.78 Å². The molecule has 0 radical (unpaired) electrons. The number of aromatic nitrogens is 1. The number of hydrogen-bond acceptors (Lipinski definition) is 2. The Morgan fingerprint density at radius 3 is 2.47 bits per heavy atom. The maximum atomic E-state index is 13.0. The van der Waals surface area contributed by atoms with E-state index in [4.69, 9.17) is 0 Å². The number of hydrogen-bond donors (Lipinski definition) is 0. The highest BCUT2D eigenvalue weighted by Gasteiger charge is 2.12. The predicted octanol–water partition coefficient (Wildman–Crippen LogP) is 2.90. The fourth-order valence-corrected chi connectivity index (χ4v) is 1.39. The molecule has 2 nitrogen and oxygen atoms in total. The number of halogens is 2. The minimum Gasteiger partial charge on any atom is -0.287 e. The van der Waals surface area contributed by atoms with Gasteiger partial charge in [-0.25, -0.2) is 8.78 Å². The minimum absolute atomic E-state index is 0.0836. The Bertz CT molecular complexity index is 564. The van der Waals surface area contributed by atoms with E-state index in [0.29, 0.717) is 0 Å². The van der Waals surface area contributed by atoms with E-state index < -0.39 is 17.4 Å². The van der Waals surface area contributed by atoms with E-state index in [9.17, 15) is 13.6 Å². The van der Waals surface area contributed by atoms with Crippen molar-refractivity contribution >= 4 is 5.78 Å². The van der Waals surface area contributed by atoms with Crippen molar-refractivity contribution < 1.29 is 13.6 Å². The van der Waals surface area contributed by atoms with E-state index in [2.05, 4.69) is 4.98 Å². The molecule has 0 saturated carbocycles. The second kappa shape index (κ2) is 4.41.